The van der Waals surface area contributed by atoms with Gasteiger partial charge in [0.15, 0.2) is 25.8 Å². The van der Waals surface area contributed by atoms with E-state index in [-0.39, 0.29) is 205 Å². The van der Waals surface area contributed by atoms with Crippen molar-refractivity contribution in [2.45, 2.75) is 107 Å². The molecular weight excluding hydrogens is 1360 g/mol. The average Bonchev–Trinajstić information content (AvgIpc) is 0.844. The lowest BCUT2D eigenvalue weighted by Crippen LogP contribution is -2.57. The van der Waals surface area contributed by atoms with Crippen LogP contribution < -0.4 is 41.4 Å². The Morgan fingerprint density at radius 3 is 1.13 bits per heavy atom. The Bertz CT molecular complexity index is 2660. The average molecular weight is 1460 g/mol. The summed E-state index contributed by atoms with van der Waals surface area (Å²) in [7, 11) is 0. The minimum absolute atomic E-state index is 0.0225. The van der Waals surface area contributed by atoms with E-state index >= 15 is 0 Å². The fourth-order valence-corrected chi connectivity index (χ4v) is 9.13. The van der Waals surface area contributed by atoms with Crippen molar-refractivity contribution in [2.75, 3.05) is 198 Å². The van der Waals surface area contributed by atoms with E-state index in [9.17, 15) is 64.2 Å². The topological polar surface area (TPSA) is 481 Å². The van der Waals surface area contributed by atoms with Crippen molar-refractivity contribution in [3.8, 4) is 22.6 Å². The molecule has 0 spiro atoms. The zero-order valence-corrected chi connectivity index (χ0v) is 58.1. The highest BCUT2D eigenvalue weighted by Gasteiger charge is 2.43. The van der Waals surface area contributed by atoms with E-state index in [1.165, 1.54) is 6.07 Å². The van der Waals surface area contributed by atoms with Crippen LogP contribution in [0.2, 0.25) is 0 Å². The standard InChI is InChI=1S/C66H106N6O30/c1-45-58(80)60(82)62(84)65(101-45)97-38-36-91-20-14-68-53(74)10-18-87-24-28-93-32-34-95-30-26-89-22-16-70-55(76)43-99-50-8-6-47(7-9-50)48-40-49(64(86)72-13-12-67-52(73)4-3-5-57(78)79)42-51(41-48)100-44-56(77)71-17-23-90-27-31-96-35-33-94-29-25-88-19-11-54(75)69-15-21-92-37-39-98-66-63(85)61(83)59(81)46(2)102-66/h6-9,40-42,45-46,58-63,65-66,80-85H,3-5,10-39,43-44H2,1-2H3,(H,67,73)(H,68,74)(H,69,75)(H,70,76)(H,71,77)(H,72,86)(H,78,79)/t45-,46-,58-,59-,60+,61+,62+,63+,65+,66+/m0/s1. The molecule has 0 saturated carbocycles. The Morgan fingerprint density at radius 2 is 0.706 bits per heavy atom. The van der Waals surface area contributed by atoms with Crippen LogP contribution in [0.5, 0.6) is 11.5 Å². The summed E-state index contributed by atoms with van der Waals surface area (Å²) < 4.78 is 87.8. The number of aliphatic carboxylic acids is 1. The van der Waals surface area contributed by atoms with Crippen molar-refractivity contribution in [1.29, 1.82) is 0 Å². The van der Waals surface area contributed by atoms with Gasteiger partial charge in [-0.25, -0.2) is 0 Å². The monoisotopic (exact) mass is 1460 g/mol. The predicted octanol–water partition coefficient (Wildman–Crippen LogP) is -3.69. The van der Waals surface area contributed by atoms with Gasteiger partial charge >= 0.3 is 5.97 Å². The summed E-state index contributed by atoms with van der Waals surface area (Å²) in [6.07, 6.45) is -11.2. The second-order valence-electron chi connectivity index (χ2n) is 22.8. The van der Waals surface area contributed by atoms with E-state index < -0.39 is 85.8 Å². The molecule has 0 aromatic heterocycles. The molecule has 6 amide bonds. The molecule has 2 saturated heterocycles. The fourth-order valence-electron chi connectivity index (χ4n) is 9.13. The third-order valence-corrected chi connectivity index (χ3v) is 14.7. The summed E-state index contributed by atoms with van der Waals surface area (Å²) >= 11 is 0. The molecule has 102 heavy (non-hydrogen) atoms. The van der Waals surface area contributed by atoms with Crippen LogP contribution in [-0.4, -0.2) is 336 Å². The van der Waals surface area contributed by atoms with Crippen LogP contribution in [0, 0.1) is 0 Å². The third-order valence-electron chi connectivity index (χ3n) is 14.7. The molecule has 0 aliphatic carbocycles. The van der Waals surface area contributed by atoms with Gasteiger partial charge in [0.05, 0.1) is 158 Å². The summed E-state index contributed by atoms with van der Waals surface area (Å²) in [5, 5.41) is 84.3. The van der Waals surface area contributed by atoms with Gasteiger partial charge < -0.3 is 143 Å². The smallest absolute Gasteiger partial charge is 0.303 e. The van der Waals surface area contributed by atoms with E-state index in [2.05, 4.69) is 31.9 Å². The number of carbonyl (C=O) groups is 7. The van der Waals surface area contributed by atoms with Crippen LogP contribution in [0.1, 0.15) is 56.3 Å². The number of aliphatic hydroxyl groups is 6. The predicted molar refractivity (Wildman–Crippen MR) is 356 cm³/mol. The number of aliphatic hydroxyl groups excluding tert-OH is 6. The minimum Gasteiger partial charge on any atom is -0.484 e. The first-order chi connectivity index (χ1) is 49.3. The molecule has 36 nitrogen and oxygen atoms in total. The van der Waals surface area contributed by atoms with Crippen molar-refractivity contribution in [3.63, 3.8) is 0 Å². The number of hydrogen-bond donors (Lipinski definition) is 13. The van der Waals surface area contributed by atoms with Crippen LogP contribution >= 0.6 is 0 Å². The molecule has 10 atom stereocenters. The highest BCUT2D eigenvalue weighted by molar-refractivity contribution is 5.96. The Labute approximate surface area is 592 Å². The third kappa shape index (κ3) is 39.4. The van der Waals surface area contributed by atoms with Gasteiger partial charge in [0.2, 0.25) is 17.7 Å². The summed E-state index contributed by atoms with van der Waals surface area (Å²) in [6.45, 7) is 8.90. The molecule has 36 heteroatoms. The summed E-state index contributed by atoms with van der Waals surface area (Å²) in [5.41, 5.74) is 1.38. The van der Waals surface area contributed by atoms with Crippen LogP contribution in [-0.2, 0) is 95.1 Å². The van der Waals surface area contributed by atoms with Crippen molar-refractivity contribution < 1.29 is 145 Å². The maximum Gasteiger partial charge on any atom is 0.303 e. The number of carbonyl (C=O) groups excluding carboxylic acids is 6. The number of benzene rings is 2. The number of rotatable bonds is 59. The second kappa shape index (κ2) is 54.2. The molecule has 0 bridgehead atoms. The van der Waals surface area contributed by atoms with Gasteiger partial charge in [0.25, 0.3) is 17.7 Å². The molecule has 4 rings (SSSR count). The Kier molecular flexibility index (Phi) is 46.7. The SMILES string of the molecule is C[C@@H]1O[C@@H](OCCOCCNC(=O)CCOCCOCCOCCOCCNC(=O)COc2ccc(-c3cc(OCC(=O)NCCOCCOCCOCCOCCC(=O)NCCOCCO[C@@H]4O[C@@H](C)[C@H](O)[C@@H](O)[C@H]4O)cc(C(=O)NCCNC(=O)CCCC(=O)O)c3)cc2)[C@H](O)[C@H](O)[C@H]1O. The lowest BCUT2D eigenvalue weighted by atomic mass is 10.0. The Balaban J connectivity index is 0.998. The number of ether oxygens (including phenoxy) is 16. The number of amides is 6. The lowest BCUT2D eigenvalue weighted by molar-refractivity contribution is -0.294. The molecule has 2 aromatic carbocycles. The highest BCUT2D eigenvalue weighted by Crippen LogP contribution is 2.29. The number of carboxylic acids is 1. The molecule has 0 unspecified atom stereocenters. The van der Waals surface area contributed by atoms with Gasteiger partial charge in [-0.05, 0) is 61.7 Å². The maximum atomic E-state index is 13.4. The molecule has 2 fully saturated rings. The first kappa shape index (κ1) is 87.9. The Hall–Kier alpha value is -6.47. The van der Waals surface area contributed by atoms with Gasteiger partial charge in [0, 0.05) is 70.5 Å². The number of carboxylic acid groups (broad SMARTS) is 1. The Morgan fingerprint density at radius 1 is 0.353 bits per heavy atom. The van der Waals surface area contributed by atoms with Crippen molar-refractivity contribution in [3.05, 3.63) is 48.0 Å². The second-order valence-corrected chi connectivity index (χ2v) is 22.8. The van der Waals surface area contributed by atoms with Crippen molar-refractivity contribution in [2.24, 2.45) is 0 Å². The zero-order valence-electron chi connectivity index (χ0n) is 58.1. The fraction of sp³-hybridized carbons (Fsp3) is 0.712. The maximum absolute atomic E-state index is 13.4. The van der Waals surface area contributed by atoms with E-state index in [4.69, 9.17) is 80.9 Å². The molecule has 2 aliphatic heterocycles. The summed E-state index contributed by atoms with van der Waals surface area (Å²) in [6, 6.07) is 11.5. The quantitative estimate of drug-likeness (QED) is 0.0284. The molecular formula is C66H106N6O30. The van der Waals surface area contributed by atoms with Gasteiger partial charge in [-0.2, -0.15) is 0 Å². The lowest BCUT2D eigenvalue weighted by Gasteiger charge is -2.38. The van der Waals surface area contributed by atoms with Crippen LogP contribution in [0.15, 0.2) is 42.5 Å². The highest BCUT2D eigenvalue weighted by atomic mass is 16.7. The van der Waals surface area contributed by atoms with E-state index in [1.807, 2.05) is 0 Å². The minimum atomic E-state index is -1.39. The van der Waals surface area contributed by atoms with E-state index in [1.54, 1.807) is 50.2 Å². The largest absolute Gasteiger partial charge is 0.484 e. The molecule has 0 radical (unpaired) electrons. The zero-order chi connectivity index (χ0) is 74.0. The van der Waals surface area contributed by atoms with Crippen LogP contribution in [0.4, 0.5) is 0 Å². The first-order valence-corrected chi connectivity index (χ1v) is 34.1. The van der Waals surface area contributed by atoms with Crippen LogP contribution in [0.3, 0.4) is 0 Å². The first-order valence-electron chi connectivity index (χ1n) is 34.1. The van der Waals surface area contributed by atoms with Crippen molar-refractivity contribution in [1.82, 2.24) is 31.9 Å². The molecule has 2 heterocycles. The van der Waals surface area contributed by atoms with Gasteiger partial charge in [-0.3, -0.25) is 33.6 Å². The van der Waals surface area contributed by atoms with Crippen LogP contribution in [0.25, 0.3) is 11.1 Å². The molecule has 2 aliphatic rings. The van der Waals surface area contributed by atoms with E-state index in [0.717, 1.165) is 0 Å². The molecule has 13 N–H and O–H groups in total. The van der Waals surface area contributed by atoms with Crippen molar-refractivity contribution >= 4 is 41.4 Å². The number of nitrogens with one attached hydrogen (secondary N) is 6. The molecule has 2 aromatic rings. The summed E-state index contributed by atoms with van der Waals surface area (Å²) in [5.74, 6) is -2.51. The van der Waals surface area contributed by atoms with E-state index in [0.29, 0.717) is 69.7 Å². The van der Waals surface area contributed by atoms with Gasteiger partial charge in [-0.15, -0.1) is 0 Å². The normalized spacial score (nSPS) is 20.3. The van der Waals surface area contributed by atoms with Gasteiger partial charge in [-0.1, -0.05) is 12.1 Å². The van der Waals surface area contributed by atoms with Gasteiger partial charge in [0.1, 0.15) is 48.1 Å². The molecule has 580 valence electrons. The summed E-state index contributed by atoms with van der Waals surface area (Å²) in [4.78, 5) is 85.7. The number of hydrogen-bond acceptors (Lipinski definition) is 29.